The summed E-state index contributed by atoms with van der Waals surface area (Å²) < 4.78 is -0.380. The number of hydrogen-bond acceptors (Lipinski definition) is 3. The van der Waals surface area contributed by atoms with E-state index in [2.05, 4.69) is 19.1 Å². The Morgan fingerprint density at radius 1 is 0.636 bits per heavy atom. The second kappa shape index (κ2) is 17.6. The highest BCUT2D eigenvalue weighted by Gasteiger charge is 2.56. The number of carbonyl (C=O) groups is 3. The minimum Gasteiger partial charge on any atom is -0.477 e. The number of carboxylic acid groups (broad SMARTS) is 3. The van der Waals surface area contributed by atoms with Gasteiger partial charge >= 0.3 is 17.9 Å². The number of nitrogens with zero attached hydrogens (tertiary/aromatic N) is 1. The second-order valence-corrected chi connectivity index (χ2v) is 9.08. The zero-order chi connectivity index (χ0) is 25.3. The van der Waals surface area contributed by atoms with E-state index in [4.69, 9.17) is 0 Å². The minimum absolute atomic E-state index is 0.264. The lowest BCUT2D eigenvalue weighted by Gasteiger charge is -2.50. The van der Waals surface area contributed by atoms with Crippen LogP contribution < -0.4 is 0 Å². The summed E-state index contributed by atoms with van der Waals surface area (Å²) in [6.45, 7) is 7.96. The van der Waals surface area contributed by atoms with E-state index in [9.17, 15) is 29.7 Å². The van der Waals surface area contributed by atoms with E-state index >= 15 is 0 Å². The van der Waals surface area contributed by atoms with Gasteiger partial charge in [-0.05, 0) is 51.4 Å². The van der Waals surface area contributed by atoms with Crippen LogP contribution in [0, 0.1) is 0 Å². The molecule has 0 aliphatic rings. The smallest absolute Gasteiger partial charge is 0.362 e. The fraction of sp³-hybridized carbons (Fsp3) is 0.808. The van der Waals surface area contributed by atoms with Crippen molar-refractivity contribution in [2.24, 2.45) is 0 Å². The van der Waals surface area contributed by atoms with Crippen molar-refractivity contribution in [2.75, 3.05) is 6.54 Å². The quantitative estimate of drug-likeness (QED) is 0.110. The zero-order valence-corrected chi connectivity index (χ0v) is 21.3. The normalized spacial score (nSPS) is 16.2. The third kappa shape index (κ3) is 9.86. The summed E-state index contributed by atoms with van der Waals surface area (Å²) in [5.41, 5.74) is 0. The summed E-state index contributed by atoms with van der Waals surface area (Å²) in [5.74, 6) is -3.28. The minimum atomic E-state index is -1.09. The van der Waals surface area contributed by atoms with Gasteiger partial charge < -0.3 is 15.3 Å². The number of rotatable bonds is 21. The number of quaternary nitrogens is 1. The van der Waals surface area contributed by atoms with Gasteiger partial charge in [0.05, 0.1) is 6.54 Å². The first kappa shape index (κ1) is 31.1. The van der Waals surface area contributed by atoms with Gasteiger partial charge in [0.1, 0.15) is 0 Å². The highest BCUT2D eigenvalue weighted by atomic mass is 16.4. The fourth-order valence-corrected chi connectivity index (χ4v) is 5.11. The molecule has 3 unspecified atom stereocenters. The third-order valence-corrected chi connectivity index (χ3v) is 6.60. The Balaban J connectivity index is 6.01. The van der Waals surface area contributed by atoms with Crippen molar-refractivity contribution in [3.8, 4) is 0 Å². The van der Waals surface area contributed by atoms with Crippen molar-refractivity contribution in [1.29, 1.82) is 0 Å². The van der Waals surface area contributed by atoms with Crippen molar-refractivity contribution < 1.29 is 34.2 Å². The lowest BCUT2D eigenvalue weighted by atomic mass is 9.91. The molecule has 192 valence electrons. The van der Waals surface area contributed by atoms with Crippen LogP contribution in [0.4, 0.5) is 0 Å². The maximum atomic E-state index is 12.5. The molecule has 3 atom stereocenters. The van der Waals surface area contributed by atoms with Crippen LogP contribution in [0.5, 0.6) is 0 Å². The maximum Gasteiger partial charge on any atom is 0.362 e. The topological polar surface area (TPSA) is 112 Å². The Hall–Kier alpha value is -1.89. The van der Waals surface area contributed by atoms with Gasteiger partial charge in [-0.1, -0.05) is 52.7 Å². The Morgan fingerprint density at radius 2 is 1.03 bits per heavy atom. The van der Waals surface area contributed by atoms with Crippen molar-refractivity contribution in [2.45, 2.75) is 129 Å². The predicted molar refractivity (Wildman–Crippen MR) is 131 cm³/mol. The number of hydrogen-bond donors (Lipinski definition) is 3. The van der Waals surface area contributed by atoms with Crippen molar-refractivity contribution in [3.63, 3.8) is 0 Å². The van der Waals surface area contributed by atoms with Crippen LogP contribution in [0.3, 0.4) is 0 Å². The molecule has 0 saturated carbocycles. The SMILES string of the molecule is CC/C=C/CCCCCCC[N+](C(CCC)C(=O)O)(C(CCC)C(=O)O)C(CCC)C(=O)O. The van der Waals surface area contributed by atoms with Crippen LogP contribution in [0.25, 0.3) is 0 Å². The van der Waals surface area contributed by atoms with Gasteiger partial charge in [0, 0.05) is 19.3 Å². The summed E-state index contributed by atoms with van der Waals surface area (Å²) in [5, 5.41) is 30.5. The molecule has 0 aromatic carbocycles. The molecule has 0 fully saturated rings. The van der Waals surface area contributed by atoms with E-state index in [0.717, 1.165) is 38.5 Å². The predicted octanol–water partition coefficient (Wildman–Crippen LogP) is 5.87. The van der Waals surface area contributed by atoms with E-state index in [1.54, 1.807) is 0 Å². The molecule has 0 aromatic heterocycles. The van der Waals surface area contributed by atoms with Gasteiger partial charge in [-0.15, -0.1) is 0 Å². The highest BCUT2D eigenvalue weighted by molar-refractivity contribution is 5.78. The first-order chi connectivity index (χ1) is 15.7. The number of carboxylic acids is 3. The van der Waals surface area contributed by atoms with Gasteiger partial charge in [0.15, 0.2) is 18.1 Å². The van der Waals surface area contributed by atoms with Gasteiger partial charge in [-0.3, -0.25) is 4.48 Å². The zero-order valence-electron chi connectivity index (χ0n) is 21.3. The molecule has 0 rings (SSSR count). The molecule has 33 heavy (non-hydrogen) atoms. The number of unbranched alkanes of at least 4 members (excludes halogenated alkanes) is 5. The summed E-state index contributed by atoms with van der Waals surface area (Å²) in [4.78, 5) is 37.4. The van der Waals surface area contributed by atoms with E-state index in [1.165, 1.54) is 0 Å². The molecule has 0 spiro atoms. The third-order valence-electron chi connectivity index (χ3n) is 6.60. The van der Waals surface area contributed by atoms with Crippen molar-refractivity contribution in [3.05, 3.63) is 12.2 Å². The Labute approximate surface area is 200 Å². The number of allylic oxidation sites excluding steroid dienone is 2. The molecule has 7 nitrogen and oxygen atoms in total. The molecule has 7 heteroatoms. The summed E-state index contributed by atoms with van der Waals surface area (Å²) in [6.07, 6.45) is 13.5. The molecule has 0 saturated heterocycles. The summed E-state index contributed by atoms with van der Waals surface area (Å²) in [7, 11) is 0. The van der Waals surface area contributed by atoms with Gasteiger partial charge in [0.2, 0.25) is 0 Å². The van der Waals surface area contributed by atoms with E-state index < -0.39 is 36.0 Å². The maximum absolute atomic E-state index is 12.5. The molecule has 0 aliphatic carbocycles. The molecule has 0 amide bonds. The molecule has 0 aliphatic heterocycles. The van der Waals surface area contributed by atoms with Crippen LogP contribution in [-0.4, -0.2) is 62.4 Å². The van der Waals surface area contributed by atoms with Crippen molar-refractivity contribution >= 4 is 17.9 Å². The molecule has 0 bridgehead atoms. The molecule has 3 N–H and O–H groups in total. The Kier molecular flexibility index (Phi) is 16.6. The molecule has 0 heterocycles. The second-order valence-electron chi connectivity index (χ2n) is 9.08. The summed E-state index contributed by atoms with van der Waals surface area (Å²) in [6, 6.07) is -3.14. The molecular formula is C26H48NO6+. The molecular weight excluding hydrogens is 422 g/mol. The van der Waals surface area contributed by atoms with Crippen molar-refractivity contribution in [1.82, 2.24) is 0 Å². The van der Waals surface area contributed by atoms with Crippen LogP contribution in [-0.2, 0) is 14.4 Å². The van der Waals surface area contributed by atoms with Crippen LogP contribution in [0.15, 0.2) is 12.2 Å². The Morgan fingerprint density at radius 3 is 1.39 bits per heavy atom. The van der Waals surface area contributed by atoms with Crippen LogP contribution >= 0.6 is 0 Å². The Bertz CT molecular complexity index is 544. The van der Waals surface area contributed by atoms with Crippen LogP contribution in [0.2, 0.25) is 0 Å². The van der Waals surface area contributed by atoms with Crippen LogP contribution in [0.1, 0.15) is 111 Å². The first-order valence-corrected chi connectivity index (χ1v) is 12.9. The lowest BCUT2D eigenvalue weighted by Crippen LogP contribution is -2.72. The highest BCUT2D eigenvalue weighted by Crippen LogP contribution is 2.34. The van der Waals surface area contributed by atoms with Gasteiger partial charge in [-0.2, -0.15) is 0 Å². The average Bonchev–Trinajstić information content (AvgIpc) is 2.76. The summed E-state index contributed by atoms with van der Waals surface area (Å²) >= 11 is 0. The molecule has 0 radical (unpaired) electrons. The van der Waals surface area contributed by atoms with Gasteiger partial charge in [-0.25, -0.2) is 14.4 Å². The number of aliphatic carboxylic acids is 3. The molecule has 0 aromatic rings. The average molecular weight is 471 g/mol. The van der Waals surface area contributed by atoms with Gasteiger partial charge in [0.25, 0.3) is 0 Å². The first-order valence-electron chi connectivity index (χ1n) is 12.9. The fourth-order valence-electron chi connectivity index (χ4n) is 5.11. The van der Waals surface area contributed by atoms with E-state index in [1.807, 2.05) is 20.8 Å². The largest absolute Gasteiger partial charge is 0.477 e. The monoisotopic (exact) mass is 470 g/mol. The van der Waals surface area contributed by atoms with E-state index in [0.29, 0.717) is 25.7 Å². The van der Waals surface area contributed by atoms with E-state index in [-0.39, 0.29) is 30.3 Å². The standard InChI is InChI=1S/C26H47NO6/c1-5-9-10-11-12-13-14-15-16-20-27(21(17-6-2)24(28)29,22(18-7-3)25(30)31)23(19-8-4)26(32)33/h9-10,21-23H,5-8,11-20H2,1-4H3,(H2-,28,29,30,31,32,33)/p+1/b10-9+. The lowest BCUT2D eigenvalue weighted by molar-refractivity contribution is -0.973.